The van der Waals surface area contributed by atoms with Gasteiger partial charge in [-0.25, -0.2) is 0 Å². The van der Waals surface area contributed by atoms with Gasteiger partial charge in [0.15, 0.2) is 0 Å². The van der Waals surface area contributed by atoms with Crippen molar-refractivity contribution in [1.29, 1.82) is 0 Å². The first-order valence-corrected chi connectivity index (χ1v) is 11.8. The van der Waals surface area contributed by atoms with Gasteiger partial charge in [0.2, 0.25) is 0 Å². The van der Waals surface area contributed by atoms with Crippen molar-refractivity contribution in [3.05, 3.63) is 41.0 Å². The number of aryl methyl sites for hydroxylation is 1. The number of hydrogen-bond donors (Lipinski definition) is 1. The summed E-state index contributed by atoms with van der Waals surface area (Å²) in [4.78, 5) is 19.1. The topological polar surface area (TPSA) is 62.1 Å². The van der Waals surface area contributed by atoms with Crippen molar-refractivity contribution < 1.29 is 14.6 Å². The number of likely N-dealkylation sites (tertiary alicyclic amines) is 1. The molecule has 0 amide bonds. The third-order valence-electron chi connectivity index (χ3n) is 8.38. The lowest BCUT2D eigenvalue weighted by molar-refractivity contribution is -0.139. The molecule has 5 nitrogen and oxygen atoms in total. The van der Waals surface area contributed by atoms with Gasteiger partial charge in [0.05, 0.1) is 19.6 Å². The van der Waals surface area contributed by atoms with Gasteiger partial charge in [-0.3, -0.25) is 9.79 Å². The van der Waals surface area contributed by atoms with Crippen LogP contribution in [0.4, 0.5) is 0 Å². The van der Waals surface area contributed by atoms with E-state index in [-0.39, 0.29) is 5.41 Å². The van der Waals surface area contributed by atoms with Crippen LogP contribution < -0.4 is 4.74 Å². The molecule has 2 aliphatic carbocycles. The molecular formula is C26H34N2O3. The smallest absolute Gasteiger partial charge is 0.312 e. The molecule has 2 saturated carbocycles. The fourth-order valence-corrected chi connectivity index (χ4v) is 6.36. The lowest BCUT2D eigenvalue weighted by Gasteiger charge is -2.56. The fraction of sp³-hybridized carbons (Fsp3) is 0.615. The summed E-state index contributed by atoms with van der Waals surface area (Å²) >= 11 is 0. The molecule has 0 bridgehead atoms. The van der Waals surface area contributed by atoms with Gasteiger partial charge < -0.3 is 14.7 Å². The van der Waals surface area contributed by atoms with Crippen LogP contribution in [0.3, 0.4) is 0 Å². The molecule has 2 aliphatic heterocycles. The highest BCUT2D eigenvalue weighted by Crippen LogP contribution is 2.54. The number of methoxy groups -OCH3 is 1. The van der Waals surface area contributed by atoms with Crippen LogP contribution in [0.2, 0.25) is 0 Å². The zero-order valence-corrected chi connectivity index (χ0v) is 18.9. The Morgan fingerprint density at radius 2 is 2.16 bits per heavy atom. The minimum atomic E-state index is -0.761. The van der Waals surface area contributed by atoms with E-state index in [0.717, 1.165) is 43.2 Å². The first kappa shape index (κ1) is 20.7. The van der Waals surface area contributed by atoms with Crippen LogP contribution in [-0.2, 0) is 10.2 Å². The first-order chi connectivity index (χ1) is 14.9. The quantitative estimate of drug-likeness (QED) is 0.771. The Balaban J connectivity index is 1.56. The maximum absolute atomic E-state index is 11.6. The Kier molecular flexibility index (Phi) is 5.20. The molecule has 3 fully saturated rings. The number of fused-ring (bicyclic) bond motifs is 2. The molecule has 4 unspecified atom stereocenters. The Morgan fingerprint density at radius 3 is 2.87 bits per heavy atom. The van der Waals surface area contributed by atoms with Gasteiger partial charge in [0.25, 0.3) is 0 Å². The summed E-state index contributed by atoms with van der Waals surface area (Å²) < 4.78 is 5.62. The molecular weight excluding hydrogens is 388 g/mol. The third kappa shape index (κ3) is 3.61. The van der Waals surface area contributed by atoms with Crippen LogP contribution in [-0.4, -0.2) is 54.5 Å². The Morgan fingerprint density at radius 1 is 1.35 bits per heavy atom. The second-order valence-corrected chi connectivity index (χ2v) is 10.2. The second-order valence-electron chi connectivity index (χ2n) is 10.2. The highest BCUT2D eigenvalue weighted by Gasteiger charge is 2.53. The number of aliphatic carboxylic acids is 1. The average molecular weight is 423 g/mol. The molecule has 0 spiro atoms. The Bertz CT molecular complexity index is 948. The first-order valence-electron chi connectivity index (χ1n) is 11.8. The number of ether oxygens (including phenoxy) is 1. The largest absolute Gasteiger partial charge is 0.497 e. The van der Waals surface area contributed by atoms with Gasteiger partial charge in [-0.05, 0) is 93.2 Å². The number of piperidine rings is 1. The third-order valence-corrected chi connectivity index (χ3v) is 8.38. The van der Waals surface area contributed by atoms with Crippen LogP contribution in [0.15, 0.2) is 34.8 Å². The summed E-state index contributed by atoms with van der Waals surface area (Å²) in [5.74, 6) is 0.997. The lowest BCUT2D eigenvalue weighted by Crippen LogP contribution is -2.58. The molecule has 0 aromatic heterocycles. The minimum absolute atomic E-state index is 0.0321. The Labute approximate surface area is 185 Å². The average Bonchev–Trinajstić information content (AvgIpc) is 3.59. The fourth-order valence-electron chi connectivity index (χ4n) is 6.36. The van der Waals surface area contributed by atoms with Crippen molar-refractivity contribution in [1.82, 2.24) is 4.90 Å². The van der Waals surface area contributed by atoms with Crippen molar-refractivity contribution >= 4 is 11.7 Å². The van der Waals surface area contributed by atoms with E-state index in [1.54, 1.807) is 7.11 Å². The predicted molar refractivity (Wildman–Crippen MR) is 122 cm³/mol. The zero-order valence-electron chi connectivity index (χ0n) is 18.9. The molecule has 4 atom stereocenters. The number of allylic oxidation sites excluding steroid dienone is 1. The number of carbonyl (C=O) groups is 1. The minimum Gasteiger partial charge on any atom is -0.497 e. The Hall–Kier alpha value is -2.14. The van der Waals surface area contributed by atoms with Crippen LogP contribution in [0.1, 0.15) is 50.2 Å². The van der Waals surface area contributed by atoms with Crippen LogP contribution in [0.25, 0.3) is 0 Å². The molecule has 31 heavy (non-hydrogen) atoms. The number of dihydropyridines is 1. The standard InChI is InChI=1S/C26H34N2O3/c1-16-4-7-21(31-3)12-22(16)26-8-9-28(15-18-5-6-18)17(2)23(26)11-19-10-20(25(29)30)14-27-24(19)13-26/h4,7,10,12,17-18,20,23H,5-6,8-9,11,13-15H2,1-3H3,(H,29,30). The van der Waals surface area contributed by atoms with Crippen LogP contribution in [0.5, 0.6) is 5.75 Å². The van der Waals surface area contributed by atoms with Gasteiger partial charge in [-0.15, -0.1) is 0 Å². The van der Waals surface area contributed by atoms with E-state index in [9.17, 15) is 9.90 Å². The highest BCUT2D eigenvalue weighted by molar-refractivity contribution is 6.03. The summed E-state index contributed by atoms with van der Waals surface area (Å²) in [5, 5.41) is 9.55. The van der Waals surface area contributed by atoms with E-state index in [4.69, 9.17) is 9.73 Å². The normalized spacial score (nSPS) is 33.1. The van der Waals surface area contributed by atoms with Crippen molar-refractivity contribution in [2.45, 2.75) is 57.4 Å². The molecule has 0 radical (unpaired) electrons. The van der Waals surface area contributed by atoms with E-state index >= 15 is 0 Å². The van der Waals surface area contributed by atoms with E-state index in [1.807, 2.05) is 6.08 Å². The molecule has 4 aliphatic rings. The monoisotopic (exact) mass is 422 g/mol. The summed E-state index contributed by atoms with van der Waals surface area (Å²) in [7, 11) is 1.74. The molecule has 5 rings (SSSR count). The summed E-state index contributed by atoms with van der Waals surface area (Å²) in [6, 6.07) is 6.96. The molecule has 5 heteroatoms. The number of nitrogens with zero attached hydrogens (tertiary/aromatic N) is 2. The van der Waals surface area contributed by atoms with E-state index in [1.165, 1.54) is 36.1 Å². The second kappa shape index (κ2) is 7.77. The number of carboxylic acid groups (broad SMARTS) is 1. The van der Waals surface area contributed by atoms with E-state index in [2.05, 4.69) is 36.9 Å². The van der Waals surface area contributed by atoms with Crippen LogP contribution >= 0.6 is 0 Å². The van der Waals surface area contributed by atoms with Crippen LogP contribution in [0, 0.1) is 24.7 Å². The van der Waals surface area contributed by atoms with Gasteiger partial charge in [-0.2, -0.15) is 0 Å². The van der Waals surface area contributed by atoms with Crippen molar-refractivity contribution in [2.24, 2.45) is 22.7 Å². The summed E-state index contributed by atoms with van der Waals surface area (Å²) in [6.45, 7) is 7.32. The summed E-state index contributed by atoms with van der Waals surface area (Å²) in [5.41, 5.74) is 5.07. The van der Waals surface area contributed by atoms with Gasteiger partial charge in [0, 0.05) is 23.7 Å². The van der Waals surface area contributed by atoms with Crippen molar-refractivity contribution in [3.63, 3.8) is 0 Å². The molecule has 1 saturated heterocycles. The molecule has 2 heterocycles. The van der Waals surface area contributed by atoms with Crippen molar-refractivity contribution in [3.8, 4) is 5.75 Å². The zero-order chi connectivity index (χ0) is 21.8. The molecule has 1 N–H and O–H groups in total. The van der Waals surface area contributed by atoms with Gasteiger partial charge in [0.1, 0.15) is 5.75 Å². The van der Waals surface area contributed by atoms with Gasteiger partial charge >= 0.3 is 5.97 Å². The predicted octanol–water partition coefficient (Wildman–Crippen LogP) is 4.24. The van der Waals surface area contributed by atoms with E-state index in [0.29, 0.717) is 18.5 Å². The number of carboxylic acids is 1. The molecule has 1 aromatic carbocycles. The number of hydrogen-bond acceptors (Lipinski definition) is 4. The number of rotatable bonds is 5. The highest BCUT2D eigenvalue weighted by atomic mass is 16.5. The molecule has 1 aromatic rings. The SMILES string of the molecule is COc1ccc(C)c(C23CCN(CC4CC4)C(C)C2CC2=CC(C(=O)O)CN=C2C3)c1. The number of aliphatic imine (C=N–C) groups is 1. The van der Waals surface area contributed by atoms with E-state index < -0.39 is 11.9 Å². The number of benzene rings is 1. The van der Waals surface area contributed by atoms with Crippen molar-refractivity contribution in [2.75, 3.05) is 26.7 Å². The maximum Gasteiger partial charge on any atom is 0.312 e. The molecule has 166 valence electrons. The van der Waals surface area contributed by atoms with Gasteiger partial charge in [-0.1, -0.05) is 12.1 Å². The lowest BCUT2D eigenvalue weighted by atomic mass is 9.54. The maximum atomic E-state index is 11.6. The summed E-state index contributed by atoms with van der Waals surface area (Å²) in [6.07, 6.45) is 7.69.